The number of hydrogen-bond acceptors (Lipinski definition) is 0. The summed E-state index contributed by atoms with van der Waals surface area (Å²) in [5.74, 6) is 0. The molecule has 0 N–H and O–H groups in total. The minimum atomic E-state index is -0.949. The predicted octanol–water partition coefficient (Wildman–Crippen LogP) is 2.83. The monoisotopic (exact) mass is 128 g/mol. The Morgan fingerprint density at radius 3 is 1.88 bits per heavy atom. The zero-order valence-electron chi connectivity index (χ0n) is 6.41. The molecule has 0 saturated heterocycles. The molecular weight excluding hydrogens is 112 g/mol. The fourth-order valence-electron chi connectivity index (χ4n) is 0.302. The summed E-state index contributed by atoms with van der Waals surface area (Å²) in [5, 5.41) is 1.42. The fourth-order valence-corrected chi connectivity index (χ4v) is 0.905. The summed E-state index contributed by atoms with van der Waals surface area (Å²) in [6.07, 6.45) is 0. The molecule has 0 bridgehead atoms. The molecule has 0 fully saturated rings. The van der Waals surface area contributed by atoms with E-state index in [1.807, 2.05) is 0 Å². The van der Waals surface area contributed by atoms with Gasteiger partial charge >= 0.3 is 0 Å². The highest BCUT2D eigenvalue weighted by Gasteiger charge is 2.17. The highest BCUT2D eigenvalue weighted by molar-refractivity contribution is 6.83. The summed E-state index contributed by atoms with van der Waals surface area (Å²) in [7, 11) is -0.949. The standard InChI is InChI=1S/C7H16Si/c1-6-8(4,5)7(2)3/h2,6H2,1,3-5H3. The van der Waals surface area contributed by atoms with E-state index in [9.17, 15) is 0 Å². The average Bonchev–Trinajstić information content (AvgIpc) is 1.67. The Balaban J connectivity index is 3.91. The first kappa shape index (κ1) is 7.96. The van der Waals surface area contributed by atoms with Crippen LogP contribution in [0.15, 0.2) is 11.8 Å². The molecule has 0 aliphatic rings. The Morgan fingerprint density at radius 2 is 1.88 bits per heavy atom. The molecule has 0 heterocycles. The average molecular weight is 128 g/mol. The summed E-state index contributed by atoms with van der Waals surface area (Å²) >= 11 is 0. The number of rotatable bonds is 2. The van der Waals surface area contributed by atoms with Crippen LogP contribution in [0.5, 0.6) is 0 Å². The van der Waals surface area contributed by atoms with Gasteiger partial charge < -0.3 is 0 Å². The summed E-state index contributed by atoms with van der Waals surface area (Å²) in [6, 6.07) is 1.32. The number of hydrogen-bond donors (Lipinski definition) is 0. The van der Waals surface area contributed by atoms with Gasteiger partial charge in [0.15, 0.2) is 0 Å². The van der Waals surface area contributed by atoms with Crippen molar-refractivity contribution in [2.24, 2.45) is 0 Å². The Hall–Kier alpha value is -0.0431. The van der Waals surface area contributed by atoms with Gasteiger partial charge in [0.2, 0.25) is 0 Å². The molecule has 0 aromatic rings. The van der Waals surface area contributed by atoms with E-state index in [4.69, 9.17) is 0 Å². The van der Waals surface area contributed by atoms with Gasteiger partial charge in [-0.25, -0.2) is 0 Å². The van der Waals surface area contributed by atoms with Crippen molar-refractivity contribution < 1.29 is 0 Å². The van der Waals surface area contributed by atoms with E-state index in [0.29, 0.717) is 0 Å². The lowest BCUT2D eigenvalue weighted by Gasteiger charge is -2.19. The van der Waals surface area contributed by atoms with E-state index in [1.165, 1.54) is 11.2 Å². The zero-order valence-corrected chi connectivity index (χ0v) is 7.41. The third-order valence-corrected chi connectivity index (χ3v) is 6.12. The summed E-state index contributed by atoms with van der Waals surface area (Å²) in [6.45, 7) is 13.1. The van der Waals surface area contributed by atoms with Crippen molar-refractivity contribution in [1.82, 2.24) is 0 Å². The SMILES string of the molecule is C=C(C)[Si](C)(C)CC. The summed E-state index contributed by atoms with van der Waals surface area (Å²) in [5.41, 5.74) is 0. The first-order valence-electron chi connectivity index (χ1n) is 3.16. The van der Waals surface area contributed by atoms with Gasteiger partial charge in [-0.2, -0.15) is 0 Å². The van der Waals surface area contributed by atoms with Gasteiger partial charge in [0.25, 0.3) is 0 Å². The fraction of sp³-hybridized carbons (Fsp3) is 0.714. The van der Waals surface area contributed by atoms with Crippen LogP contribution >= 0.6 is 0 Å². The van der Waals surface area contributed by atoms with Gasteiger partial charge in [-0.15, -0.1) is 6.58 Å². The van der Waals surface area contributed by atoms with Gasteiger partial charge in [0, 0.05) is 0 Å². The van der Waals surface area contributed by atoms with Gasteiger partial charge in [0.05, 0.1) is 8.07 Å². The van der Waals surface area contributed by atoms with Crippen LogP contribution in [0.4, 0.5) is 0 Å². The van der Waals surface area contributed by atoms with Crippen molar-refractivity contribution in [3.8, 4) is 0 Å². The van der Waals surface area contributed by atoms with Gasteiger partial charge in [-0.3, -0.25) is 0 Å². The highest BCUT2D eigenvalue weighted by Crippen LogP contribution is 2.15. The normalized spacial score (nSPS) is 11.5. The van der Waals surface area contributed by atoms with Gasteiger partial charge in [0.1, 0.15) is 0 Å². The molecule has 0 aliphatic carbocycles. The van der Waals surface area contributed by atoms with Crippen LogP contribution in [0.3, 0.4) is 0 Å². The van der Waals surface area contributed by atoms with Crippen molar-refractivity contribution in [3.63, 3.8) is 0 Å². The lowest BCUT2D eigenvalue weighted by atomic mass is 10.7. The molecule has 1 heteroatoms. The molecule has 0 atom stereocenters. The van der Waals surface area contributed by atoms with E-state index < -0.39 is 8.07 Å². The summed E-state index contributed by atoms with van der Waals surface area (Å²) < 4.78 is 0. The topological polar surface area (TPSA) is 0 Å². The largest absolute Gasteiger partial charge is 0.104 e. The maximum Gasteiger partial charge on any atom is 0.0740 e. The third-order valence-electron chi connectivity index (χ3n) is 2.04. The molecule has 0 amide bonds. The van der Waals surface area contributed by atoms with Crippen molar-refractivity contribution in [3.05, 3.63) is 11.8 Å². The Labute approximate surface area is 53.6 Å². The van der Waals surface area contributed by atoms with Crippen molar-refractivity contribution in [1.29, 1.82) is 0 Å². The van der Waals surface area contributed by atoms with Gasteiger partial charge in [-0.05, 0) is 6.92 Å². The van der Waals surface area contributed by atoms with Crippen molar-refractivity contribution >= 4 is 8.07 Å². The van der Waals surface area contributed by atoms with Crippen LogP contribution in [-0.4, -0.2) is 8.07 Å². The van der Waals surface area contributed by atoms with Crippen LogP contribution < -0.4 is 0 Å². The molecule has 0 saturated carbocycles. The molecule has 0 spiro atoms. The van der Waals surface area contributed by atoms with Crippen LogP contribution in [0.25, 0.3) is 0 Å². The molecule has 0 aromatic carbocycles. The summed E-state index contributed by atoms with van der Waals surface area (Å²) in [4.78, 5) is 0. The van der Waals surface area contributed by atoms with Gasteiger partial charge in [-0.1, -0.05) is 31.3 Å². The molecule has 0 radical (unpaired) electrons. The smallest absolute Gasteiger partial charge is 0.0740 e. The molecule has 0 rings (SSSR count). The second-order valence-corrected chi connectivity index (χ2v) is 8.35. The second kappa shape index (κ2) is 2.49. The predicted molar refractivity (Wildman–Crippen MR) is 42.8 cm³/mol. The number of allylic oxidation sites excluding steroid dienone is 1. The van der Waals surface area contributed by atoms with Crippen LogP contribution in [0, 0.1) is 0 Å². The van der Waals surface area contributed by atoms with E-state index >= 15 is 0 Å². The van der Waals surface area contributed by atoms with Crippen molar-refractivity contribution in [2.75, 3.05) is 0 Å². The molecular formula is C7H16Si. The first-order chi connectivity index (χ1) is 3.50. The Kier molecular flexibility index (Phi) is 2.48. The van der Waals surface area contributed by atoms with Crippen molar-refractivity contribution in [2.45, 2.75) is 33.0 Å². The van der Waals surface area contributed by atoms with Crippen LogP contribution in [0.2, 0.25) is 19.1 Å². The molecule has 0 unspecified atom stereocenters. The lowest BCUT2D eigenvalue weighted by molar-refractivity contribution is 1.34. The molecule has 0 aromatic heterocycles. The van der Waals surface area contributed by atoms with Crippen LogP contribution in [-0.2, 0) is 0 Å². The Morgan fingerprint density at radius 1 is 1.50 bits per heavy atom. The molecule has 0 aliphatic heterocycles. The minimum absolute atomic E-state index is 0.949. The second-order valence-electron chi connectivity index (χ2n) is 3.02. The third kappa shape index (κ3) is 1.82. The lowest BCUT2D eigenvalue weighted by Crippen LogP contribution is -2.25. The quantitative estimate of drug-likeness (QED) is 0.502. The van der Waals surface area contributed by atoms with E-state index in [1.54, 1.807) is 0 Å². The highest BCUT2D eigenvalue weighted by atomic mass is 28.3. The van der Waals surface area contributed by atoms with Crippen LogP contribution in [0.1, 0.15) is 13.8 Å². The first-order valence-corrected chi connectivity index (χ1v) is 6.37. The van der Waals surface area contributed by atoms with E-state index in [-0.39, 0.29) is 0 Å². The molecule has 8 heavy (non-hydrogen) atoms. The molecule has 0 nitrogen and oxygen atoms in total. The van der Waals surface area contributed by atoms with E-state index in [2.05, 4.69) is 33.5 Å². The van der Waals surface area contributed by atoms with E-state index in [0.717, 1.165) is 0 Å². The molecule has 48 valence electrons. The maximum atomic E-state index is 3.96. The maximum absolute atomic E-state index is 3.96. The zero-order chi connectivity index (χ0) is 6.78. The minimum Gasteiger partial charge on any atom is -0.104 e. The Bertz CT molecular complexity index is 92.6.